The Kier molecular flexibility index (Phi) is 1.41. The van der Waals surface area contributed by atoms with Crippen LogP contribution in [0.1, 0.15) is 6.92 Å². The van der Waals surface area contributed by atoms with Crippen LogP contribution in [0.2, 0.25) is 0 Å². The molecule has 2 nitrogen and oxygen atoms in total. The molecule has 0 unspecified atom stereocenters. The summed E-state index contributed by atoms with van der Waals surface area (Å²) in [5.41, 5.74) is 4.96. The van der Waals surface area contributed by atoms with Crippen molar-refractivity contribution in [1.82, 2.24) is 0 Å². The maximum Gasteiger partial charge on any atom is 0.223 e. The van der Waals surface area contributed by atoms with E-state index in [-0.39, 0.29) is 11.8 Å². The number of nitrogens with two attached hydrogens (primary N) is 1. The highest BCUT2D eigenvalue weighted by Gasteiger charge is 2.63. The van der Waals surface area contributed by atoms with Crippen molar-refractivity contribution in [3.63, 3.8) is 0 Å². The summed E-state index contributed by atoms with van der Waals surface area (Å²) in [6.07, 6.45) is 0. The molecule has 0 bridgehead atoms. The van der Waals surface area contributed by atoms with Crippen molar-refractivity contribution in [1.29, 1.82) is 0 Å². The zero-order chi connectivity index (χ0) is 7.23. The lowest BCUT2D eigenvalue weighted by Gasteiger charge is -1.90. The molecule has 1 saturated carbocycles. The molecular weight excluding hydrogens is 161 g/mol. The third kappa shape index (κ3) is 0.904. The van der Waals surface area contributed by atoms with Crippen LogP contribution in [0, 0.1) is 11.8 Å². The van der Waals surface area contributed by atoms with Gasteiger partial charge in [0.05, 0.1) is 5.92 Å². The van der Waals surface area contributed by atoms with Crippen LogP contribution in [0.3, 0.4) is 0 Å². The van der Waals surface area contributed by atoms with Gasteiger partial charge in [-0.1, -0.05) is 6.92 Å². The summed E-state index contributed by atoms with van der Waals surface area (Å²) in [4.78, 5) is 10.4. The molecular formula is C5H7Cl2NO. The Labute approximate surface area is 63.3 Å². The SMILES string of the molecule is C[C@H]1[C@H](C(N)=O)C1(Cl)Cl. The molecule has 52 valence electrons. The Bertz CT molecular complexity index is 157. The fourth-order valence-corrected chi connectivity index (χ4v) is 1.63. The summed E-state index contributed by atoms with van der Waals surface area (Å²) < 4.78 is -0.883. The first-order valence-corrected chi connectivity index (χ1v) is 3.40. The molecule has 0 saturated heterocycles. The van der Waals surface area contributed by atoms with Crippen molar-refractivity contribution in [2.75, 3.05) is 0 Å². The molecule has 0 aliphatic heterocycles. The van der Waals surface area contributed by atoms with Crippen LogP contribution in [0.15, 0.2) is 0 Å². The number of alkyl halides is 2. The van der Waals surface area contributed by atoms with Crippen LogP contribution in [-0.4, -0.2) is 10.2 Å². The average Bonchev–Trinajstić information content (AvgIpc) is 2.07. The Morgan fingerprint density at radius 1 is 1.67 bits per heavy atom. The van der Waals surface area contributed by atoms with Gasteiger partial charge in [-0.25, -0.2) is 0 Å². The van der Waals surface area contributed by atoms with Crippen molar-refractivity contribution in [3.8, 4) is 0 Å². The fraction of sp³-hybridized carbons (Fsp3) is 0.800. The number of hydrogen-bond donors (Lipinski definition) is 1. The standard InChI is InChI=1S/C5H7Cl2NO/c1-2-3(4(8)9)5(2,6)7/h2-3H,1H3,(H2,8,9)/t2-,3+/m0/s1. The third-order valence-corrected chi connectivity index (χ3v) is 2.88. The number of hydrogen-bond acceptors (Lipinski definition) is 1. The van der Waals surface area contributed by atoms with Crippen LogP contribution in [0.4, 0.5) is 0 Å². The predicted molar refractivity (Wildman–Crippen MR) is 36.3 cm³/mol. The van der Waals surface area contributed by atoms with Crippen molar-refractivity contribution in [2.24, 2.45) is 17.6 Å². The molecule has 0 aromatic carbocycles. The molecule has 1 aliphatic rings. The van der Waals surface area contributed by atoms with Gasteiger partial charge in [0.25, 0.3) is 0 Å². The van der Waals surface area contributed by atoms with Crippen LogP contribution in [-0.2, 0) is 4.79 Å². The first-order valence-electron chi connectivity index (χ1n) is 2.65. The van der Waals surface area contributed by atoms with E-state index >= 15 is 0 Å². The summed E-state index contributed by atoms with van der Waals surface area (Å²) in [6.45, 7) is 1.80. The highest BCUT2D eigenvalue weighted by molar-refractivity contribution is 6.52. The maximum atomic E-state index is 10.4. The molecule has 0 heterocycles. The molecule has 2 N–H and O–H groups in total. The zero-order valence-corrected chi connectivity index (χ0v) is 6.41. The van der Waals surface area contributed by atoms with Crippen LogP contribution >= 0.6 is 23.2 Å². The van der Waals surface area contributed by atoms with Gasteiger partial charge in [-0.05, 0) is 0 Å². The van der Waals surface area contributed by atoms with Gasteiger partial charge in [-0.15, -0.1) is 23.2 Å². The number of halogens is 2. The normalized spacial score (nSPS) is 38.1. The largest absolute Gasteiger partial charge is 0.369 e. The second kappa shape index (κ2) is 1.77. The summed E-state index contributed by atoms with van der Waals surface area (Å²) in [5, 5.41) is 0. The Morgan fingerprint density at radius 2 is 2.00 bits per heavy atom. The van der Waals surface area contributed by atoms with Gasteiger partial charge in [0.15, 0.2) is 0 Å². The highest BCUT2D eigenvalue weighted by Crippen LogP contribution is 2.58. The number of rotatable bonds is 1. The van der Waals surface area contributed by atoms with E-state index in [1.807, 2.05) is 0 Å². The molecule has 0 aromatic rings. The van der Waals surface area contributed by atoms with Crippen LogP contribution < -0.4 is 5.73 Å². The molecule has 1 amide bonds. The summed E-state index contributed by atoms with van der Waals surface area (Å²) in [6, 6.07) is 0. The summed E-state index contributed by atoms with van der Waals surface area (Å²) in [5.74, 6) is -0.744. The topological polar surface area (TPSA) is 43.1 Å². The number of carbonyl (C=O) groups is 1. The predicted octanol–water partition coefficient (Wildman–Crippen LogP) is 0.911. The van der Waals surface area contributed by atoms with Gasteiger partial charge in [0.1, 0.15) is 4.33 Å². The van der Waals surface area contributed by atoms with Crippen molar-refractivity contribution < 1.29 is 4.79 Å². The van der Waals surface area contributed by atoms with E-state index in [0.717, 1.165) is 0 Å². The molecule has 0 spiro atoms. The quantitative estimate of drug-likeness (QED) is 0.581. The number of carbonyl (C=O) groups excluding carboxylic acids is 1. The second-order valence-corrected chi connectivity index (χ2v) is 3.79. The van der Waals surface area contributed by atoms with E-state index < -0.39 is 10.2 Å². The lowest BCUT2D eigenvalue weighted by molar-refractivity contribution is -0.119. The number of amides is 1. The van der Waals surface area contributed by atoms with Crippen LogP contribution in [0.5, 0.6) is 0 Å². The molecule has 1 aliphatic carbocycles. The van der Waals surface area contributed by atoms with E-state index in [9.17, 15) is 4.79 Å². The third-order valence-electron chi connectivity index (χ3n) is 1.72. The van der Waals surface area contributed by atoms with Crippen LogP contribution in [0.25, 0.3) is 0 Å². The Balaban J connectivity index is 2.62. The Hall–Kier alpha value is 0.0500. The highest BCUT2D eigenvalue weighted by atomic mass is 35.5. The van der Waals surface area contributed by atoms with E-state index in [0.29, 0.717) is 0 Å². The minimum atomic E-state index is -0.883. The minimum Gasteiger partial charge on any atom is -0.369 e. The molecule has 4 heteroatoms. The molecule has 1 rings (SSSR count). The maximum absolute atomic E-state index is 10.4. The summed E-state index contributed by atoms with van der Waals surface area (Å²) in [7, 11) is 0. The lowest BCUT2D eigenvalue weighted by Crippen LogP contribution is -2.16. The second-order valence-electron chi connectivity index (χ2n) is 2.34. The molecule has 2 atom stereocenters. The average molecular weight is 168 g/mol. The van der Waals surface area contributed by atoms with E-state index in [4.69, 9.17) is 28.9 Å². The molecule has 9 heavy (non-hydrogen) atoms. The smallest absolute Gasteiger partial charge is 0.223 e. The van der Waals surface area contributed by atoms with E-state index in [1.165, 1.54) is 0 Å². The van der Waals surface area contributed by atoms with Gasteiger partial charge >= 0.3 is 0 Å². The molecule has 0 aromatic heterocycles. The van der Waals surface area contributed by atoms with Crippen molar-refractivity contribution in [2.45, 2.75) is 11.3 Å². The zero-order valence-electron chi connectivity index (χ0n) is 4.90. The van der Waals surface area contributed by atoms with Gasteiger partial charge in [-0.3, -0.25) is 4.79 Å². The van der Waals surface area contributed by atoms with Gasteiger partial charge in [0.2, 0.25) is 5.91 Å². The van der Waals surface area contributed by atoms with Gasteiger partial charge in [0, 0.05) is 5.92 Å². The lowest BCUT2D eigenvalue weighted by atomic mass is 10.3. The Morgan fingerprint density at radius 3 is 2.00 bits per heavy atom. The first-order chi connectivity index (χ1) is 3.98. The van der Waals surface area contributed by atoms with Gasteiger partial charge < -0.3 is 5.73 Å². The minimum absolute atomic E-state index is 0.0123. The summed E-state index contributed by atoms with van der Waals surface area (Å²) >= 11 is 11.2. The monoisotopic (exact) mass is 167 g/mol. The molecule has 0 radical (unpaired) electrons. The van der Waals surface area contributed by atoms with E-state index in [1.54, 1.807) is 6.92 Å². The van der Waals surface area contributed by atoms with Crippen molar-refractivity contribution in [3.05, 3.63) is 0 Å². The van der Waals surface area contributed by atoms with E-state index in [2.05, 4.69) is 0 Å². The van der Waals surface area contributed by atoms with Crippen molar-refractivity contribution >= 4 is 29.1 Å². The number of primary amides is 1. The molecule has 1 fully saturated rings. The first kappa shape index (κ1) is 7.16. The fourth-order valence-electron chi connectivity index (χ4n) is 0.916. The van der Waals surface area contributed by atoms with Gasteiger partial charge in [-0.2, -0.15) is 0 Å².